The van der Waals surface area contributed by atoms with Gasteiger partial charge in [-0.1, -0.05) is 38.5 Å². The van der Waals surface area contributed by atoms with Gasteiger partial charge in [-0.2, -0.15) is 0 Å². The van der Waals surface area contributed by atoms with Crippen molar-refractivity contribution in [2.75, 3.05) is 28.4 Å². The topological polar surface area (TPSA) is 206 Å². The SMILES string of the molecule is CC=C(C)C(=O)OC1CC2C(CC=C3CC(O[C@@H]4CC(C)[C@@H](O[C@H]5CC(OC)[C@H](O[C@@H]6OC(C)[C@@H](O[C@H]7CC(OC)[C@H](O)C(C)O7)C(OC)[C@@H]6O)C(C)O5)C(OC)C4)CCC32C)C2(O)CCC(C(C)=O)C12C. The number of Topliss-reactive ketones (excluding diaryl/α,β-unsaturated/α-hetero) is 1. The van der Waals surface area contributed by atoms with Crippen molar-refractivity contribution in [3.8, 4) is 0 Å². The van der Waals surface area contributed by atoms with E-state index in [4.69, 9.17) is 56.8 Å². The van der Waals surface area contributed by atoms with Crippen LogP contribution in [0.3, 0.4) is 0 Å². The van der Waals surface area contributed by atoms with Crippen molar-refractivity contribution in [1.82, 2.24) is 0 Å². The summed E-state index contributed by atoms with van der Waals surface area (Å²) in [5, 5.41) is 34.9. The van der Waals surface area contributed by atoms with E-state index in [0.717, 1.165) is 32.1 Å². The molecule has 0 aromatic carbocycles. The van der Waals surface area contributed by atoms with Gasteiger partial charge in [-0.05, 0) is 116 Å². The minimum atomic E-state index is -1.22. The largest absolute Gasteiger partial charge is 0.458 e. The molecule has 3 heterocycles. The number of carbonyl (C=O) groups excluding carboxylic acids is 2. The number of methoxy groups -OCH3 is 4. The molecule has 3 saturated heterocycles. The second kappa shape index (κ2) is 22.6. The maximum Gasteiger partial charge on any atom is 0.333 e. The van der Waals surface area contributed by atoms with E-state index < -0.39 is 97.0 Å². The van der Waals surface area contributed by atoms with Gasteiger partial charge in [-0.15, -0.1) is 0 Å². The van der Waals surface area contributed by atoms with Gasteiger partial charge in [-0.25, -0.2) is 4.79 Å². The van der Waals surface area contributed by atoms with E-state index in [1.54, 1.807) is 48.2 Å². The van der Waals surface area contributed by atoms with Gasteiger partial charge in [0.1, 0.15) is 42.4 Å². The lowest BCUT2D eigenvalue weighted by Gasteiger charge is -2.63. The molecule has 8 rings (SSSR count). The summed E-state index contributed by atoms with van der Waals surface area (Å²) in [6.45, 7) is 17.2. The lowest BCUT2D eigenvalue weighted by atomic mass is 9.45. The van der Waals surface area contributed by atoms with E-state index in [1.165, 1.54) is 12.7 Å². The Balaban J connectivity index is 0.864. The van der Waals surface area contributed by atoms with Gasteiger partial charge in [0.15, 0.2) is 18.9 Å². The standard InChI is InChI=1S/C55H88O17/c1-14-27(2)51(59)69-42-24-38-37(55(60)20-18-36(29(4)56)54(42,55)9)16-15-33-22-34(17-19-53(33,38)8)68-35-21-28(3)47(40(23-35)62-11)70-44-26-41(63-12)48(31(6)66-44)72-52-46(58)50(64-13)49(32(7)67-52)71-43-25-39(61-10)45(57)30(5)65-43/h14-15,28,30-32,34-50,52,57-58,60H,16-26H2,1-13H3/t28?,30?,31?,32?,34?,35-,36?,37?,38?,39?,40?,41?,42?,43+,44+,45-,46+,47-,48-,49-,50?,52+,53?,54?,55?/m1/s1. The van der Waals surface area contributed by atoms with Crippen LogP contribution in [0.15, 0.2) is 23.3 Å². The highest BCUT2D eigenvalue weighted by atomic mass is 16.8. The van der Waals surface area contributed by atoms with Gasteiger partial charge in [0, 0.05) is 64.6 Å². The van der Waals surface area contributed by atoms with Crippen molar-refractivity contribution in [3.05, 3.63) is 23.3 Å². The van der Waals surface area contributed by atoms with Crippen molar-refractivity contribution in [3.63, 3.8) is 0 Å². The zero-order chi connectivity index (χ0) is 52.2. The third kappa shape index (κ3) is 10.3. The van der Waals surface area contributed by atoms with Crippen LogP contribution in [-0.4, -0.2) is 172 Å². The normalized spacial score (nSPS) is 49.8. The first kappa shape index (κ1) is 56.3. The van der Waals surface area contributed by atoms with Crippen LogP contribution in [0.4, 0.5) is 0 Å². The average Bonchev–Trinajstić information content (AvgIpc) is 3.64. The van der Waals surface area contributed by atoms with Gasteiger partial charge in [-0.3, -0.25) is 4.79 Å². The molecule has 4 saturated carbocycles. The summed E-state index contributed by atoms with van der Waals surface area (Å²) in [4.78, 5) is 26.5. The molecule has 0 spiro atoms. The summed E-state index contributed by atoms with van der Waals surface area (Å²) in [5.41, 5.74) is -0.340. The number of aliphatic hydroxyl groups excluding tert-OH is 2. The fourth-order valence-corrected chi connectivity index (χ4v) is 15.0. The van der Waals surface area contributed by atoms with Crippen molar-refractivity contribution in [2.24, 2.45) is 34.5 Å². The monoisotopic (exact) mass is 1020 g/mol. The van der Waals surface area contributed by atoms with Gasteiger partial charge in [0.05, 0.1) is 60.5 Å². The molecule has 0 radical (unpaired) electrons. The third-order valence-corrected chi connectivity index (χ3v) is 19.4. The number of esters is 1. The molecule has 3 aliphatic heterocycles. The predicted molar refractivity (Wildman–Crippen MR) is 261 cm³/mol. The average molecular weight is 1020 g/mol. The lowest BCUT2D eigenvalue weighted by molar-refractivity contribution is -0.362. The molecule has 16 unspecified atom stereocenters. The summed E-state index contributed by atoms with van der Waals surface area (Å²) in [6.07, 6.45) is 1.06. The van der Waals surface area contributed by atoms with Crippen LogP contribution in [0.5, 0.6) is 0 Å². The highest BCUT2D eigenvalue weighted by Crippen LogP contribution is 2.69. The Labute approximate surface area is 427 Å². The molecule has 17 nitrogen and oxygen atoms in total. The summed E-state index contributed by atoms with van der Waals surface area (Å²) in [6, 6.07) is 0. The highest BCUT2D eigenvalue weighted by molar-refractivity contribution is 5.88. The van der Waals surface area contributed by atoms with Gasteiger partial charge >= 0.3 is 5.97 Å². The Morgan fingerprint density at radius 2 is 1.32 bits per heavy atom. The fraction of sp³-hybridized carbons (Fsp3) is 0.891. The Morgan fingerprint density at radius 3 is 1.97 bits per heavy atom. The van der Waals surface area contributed by atoms with Crippen LogP contribution < -0.4 is 0 Å². The number of hydrogen-bond donors (Lipinski definition) is 3. The molecule has 72 heavy (non-hydrogen) atoms. The van der Waals surface area contributed by atoms with Gasteiger partial charge < -0.3 is 72.2 Å². The Bertz CT molecular complexity index is 1950. The quantitative estimate of drug-likeness (QED) is 0.0993. The van der Waals surface area contributed by atoms with Crippen LogP contribution in [-0.2, 0) is 66.4 Å². The summed E-state index contributed by atoms with van der Waals surface area (Å²) >= 11 is 0. The molecular formula is C55H88O17. The zero-order valence-electron chi connectivity index (χ0n) is 45.2. The summed E-state index contributed by atoms with van der Waals surface area (Å²) in [7, 11) is 6.39. The second-order valence-electron chi connectivity index (χ2n) is 23.2. The molecule has 410 valence electrons. The highest BCUT2D eigenvalue weighted by Gasteiger charge is 2.71. The number of allylic oxidation sites excluding steroid dienone is 2. The van der Waals surface area contributed by atoms with Crippen LogP contribution >= 0.6 is 0 Å². The number of carbonyl (C=O) groups is 2. The zero-order valence-corrected chi connectivity index (χ0v) is 45.2. The molecule has 5 aliphatic carbocycles. The third-order valence-electron chi connectivity index (χ3n) is 19.4. The molecule has 25 atom stereocenters. The summed E-state index contributed by atoms with van der Waals surface area (Å²) < 4.78 is 75.1. The van der Waals surface area contributed by atoms with Gasteiger partial charge in [0.25, 0.3) is 0 Å². The number of fused-ring (bicyclic) bond motifs is 5. The first-order valence-electron chi connectivity index (χ1n) is 27.0. The maximum absolute atomic E-state index is 13.4. The molecule has 8 aliphatic rings. The number of rotatable bonds is 15. The molecule has 17 heteroatoms. The van der Waals surface area contributed by atoms with E-state index in [-0.39, 0.29) is 65.3 Å². The Kier molecular flexibility index (Phi) is 17.6. The number of hydrogen-bond acceptors (Lipinski definition) is 17. The van der Waals surface area contributed by atoms with Gasteiger partial charge in [0.2, 0.25) is 0 Å². The van der Waals surface area contributed by atoms with Crippen LogP contribution in [0.25, 0.3) is 0 Å². The number of aliphatic hydroxyl groups is 3. The van der Waals surface area contributed by atoms with Crippen LogP contribution in [0, 0.1) is 34.5 Å². The van der Waals surface area contributed by atoms with E-state index >= 15 is 0 Å². The first-order chi connectivity index (χ1) is 34.1. The van der Waals surface area contributed by atoms with Crippen molar-refractivity contribution in [2.45, 2.75) is 249 Å². The molecule has 7 fully saturated rings. The molecular weight excluding hydrogens is 933 g/mol. The van der Waals surface area contributed by atoms with Crippen molar-refractivity contribution >= 4 is 11.8 Å². The Hall–Kier alpha value is -1.94. The maximum atomic E-state index is 13.4. The second-order valence-corrected chi connectivity index (χ2v) is 23.2. The molecule has 3 N–H and O–H groups in total. The molecule has 0 bridgehead atoms. The summed E-state index contributed by atoms with van der Waals surface area (Å²) in [5.74, 6) is -0.586. The first-order valence-corrected chi connectivity index (χ1v) is 27.0. The molecule has 0 aromatic heterocycles. The smallest absolute Gasteiger partial charge is 0.333 e. The van der Waals surface area contributed by atoms with E-state index in [9.17, 15) is 24.9 Å². The van der Waals surface area contributed by atoms with Crippen molar-refractivity contribution < 1.29 is 81.8 Å². The minimum absolute atomic E-state index is 0.0204. The van der Waals surface area contributed by atoms with Crippen molar-refractivity contribution in [1.29, 1.82) is 0 Å². The molecule has 0 aromatic rings. The van der Waals surface area contributed by atoms with E-state index in [1.807, 2.05) is 27.7 Å². The number of ketones is 1. The molecule has 0 amide bonds. The van der Waals surface area contributed by atoms with Crippen LogP contribution in [0.2, 0.25) is 0 Å². The number of ether oxygens (including phenoxy) is 12. The Morgan fingerprint density at radius 1 is 0.681 bits per heavy atom. The lowest BCUT2D eigenvalue weighted by Crippen LogP contribution is -2.66. The van der Waals surface area contributed by atoms with E-state index in [0.29, 0.717) is 44.1 Å². The predicted octanol–water partition coefficient (Wildman–Crippen LogP) is 5.89. The van der Waals surface area contributed by atoms with Crippen LogP contribution in [0.1, 0.15) is 133 Å². The van der Waals surface area contributed by atoms with E-state index in [2.05, 4.69) is 19.9 Å². The minimum Gasteiger partial charge on any atom is -0.458 e. The fourth-order valence-electron chi connectivity index (χ4n) is 15.0.